The fourth-order valence-electron chi connectivity index (χ4n) is 11.1. The number of carbonyl (C=O) groups excluding carboxylic acids is 4. The number of amides is 3. The van der Waals surface area contributed by atoms with Gasteiger partial charge in [0.2, 0.25) is 16.2 Å². The number of quaternary nitrogens is 1. The lowest BCUT2D eigenvalue weighted by Crippen LogP contribution is -2.62. The predicted octanol–water partition coefficient (Wildman–Crippen LogP) is 11.0. The van der Waals surface area contributed by atoms with Crippen LogP contribution in [-0.4, -0.2) is 162 Å². The van der Waals surface area contributed by atoms with Crippen LogP contribution < -0.4 is 40.4 Å². The molecule has 2 aromatic heterocycles. The number of nitrogens with one attached hydrogen (secondary N) is 4. The molecule has 0 saturated carbocycles. The normalized spacial score (nSPS) is 17.1. The fourth-order valence-corrected chi connectivity index (χ4v) is 14.7. The van der Waals surface area contributed by atoms with Gasteiger partial charge in [-0.05, 0) is 125 Å². The van der Waals surface area contributed by atoms with Crippen LogP contribution in [0.1, 0.15) is 57.2 Å². The third-order valence-electron chi connectivity index (χ3n) is 16.2. The van der Waals surface area contributed by atoms with E-state index in [0.29, 0.717) is 128 Å². The highest BCUT2D eigenvalue weighted by Gasteiger charge is 2.51. The van der Waals surface area contributed by atoms with Gasteiger partial charge in [-0.25, -0.2) is 14.3 Å². The Kier molecular flexibility index (Phi) is 21.7. The second-order valence-electron chi connectivity index (χ2n) is 22.3. The first-order valence-electron chi connectivity index (χ1n) is 30.9. The fraction of sp³-hybridized carbons (Fsp3) is 0.333. The smallest absolute Gasteiger partial charge is 0.358 e. The van der Waals surface area contributed by atoms with Crippen molar-refractivity contribution in [3.63, 3.8) is 0 Å². The number of ketones is 1. The summed E-state index contributed by atoms with van der Waals surface area (Å²) in [7, 11) is -9.18. The van der Waals surface area contributed by atoms with E-state index in [1.165, 1.54) is 55.5 Å². The zero-order chi connectivity index (χ0) is 68.6. The number of aromatic nitrogens is 2. The molecule has 5 aliphatic heterocycles. The standard InChI is InChI=1S/C63H68N16O13S5/c1-6-39-30-54-68-61(67-51-33-42(76(7-2)8-3)16-18-49(51)73-74-62-70-56(78-20-24-90-25-21-78)52(94-62)35-46(38(5)80)58(81)64-40-12-10-14-44(31-40)96(84,85)86)69-55(39)66-50-34-43(77(9-4)37-92-28-29-93-54)17-19-48(50)72-75-63-71-57-53(95-63)36-47(60(83)79(57)22-26-91-27-23-79)59(82)65-41-13-11-15-45(32-41)97(87,88)89/h10-19,31-36H,6-9,20-30,37H2,1-5H3,(H5-,64,65,66,67,69,70,71,74,75,80,81,82,83,84,85,86,87,88,89)/p+1. The number of rotatable bonds is 19. The summed E-state index contributed by atoms with van der Waals surface area (Å²) >= 11 is 3.78. The molecule has 0 unspecified atom stereocenters. The lowest BCUT2D eigenvalue weighted by atomic mass is 10.1. The predicted molar refractivity (Wildman–Crippen MR) is 376 cm³/mol. The SMILES string of the molecule is CCC1=C2N=C(Nc3cc(N(CC)CC)ccc3N=Nc3nc(N4CCOCC4)c(C=C(C(C)=O)C(=O)Nc4cccc(S(=O)(=O)O)c4)s3)N=C(C1)SCCOCN(CC)c1ccc(N=Nc3nc4c(s3)C=C(C(=O)Nc3cccc(S(=O)(=O)O)c3)C(=O)[N+]43CCOCC3)c(c1)N2. The molecule has 6 aromatic rings. The minimum absolute atomic E-state index is 0.0336. The number of morpholine rings is 2. The Bertz CT molecular complexity index is 4530. The Morgan fingerprint density at radius 1 is 0.773 bits per heavy atom. The zero-order valence-corrected chi connectivity index (χ0v) is 57.4. The summed E-state index contributed by atoms with van der Waals surface area (Å²) < 4.78 is 84.3. The summed E-state index contributed by atoms with van der Waals surface area (Å²) in [5.74, 6) is -0.594. The van der Waals surface area contributed by atoms with E-state index in [-0.39, 0.29) is 69.5 Å². The quantitative estimate of drug-likeness (QED) is 0.0110. The second-order valence-corrected chi connectivity index (χ2v) is 28.3. The molecule has 4 bridgehead atoms. The maximum Gasteiger partial charge on any atom is 0.358 e. The van der Waals surface area contributed by atoms with Gasteiger partial charge in [0.1, 0.15) is 53.3 Å². The average molecular weight is 1420 g/mol. The topological polar surface area (TPSA) is 362 Å². The van der Waals surface area contributed by atoms with Crippen molar-refractivity contribution >= 4 is 169 Å². The Morgan fingerprint density at radius 3 is 2.11 bits per heavy atom. The largest absolute Gasteiger partial charge is 0.378 e. The van der Waals surface area contributed by atoms with Crippen LogP contribution in [0.5, 0.6) is 0 Å². The Hall–Kier alpha value is -8.81. The van der Waals surface area contributed by atoms with E-state index >= 15 is 0 Å². The van der Waals surface area contributed by atoms with Crippen LogP contribution in [0.15, 0.2) is 148 Å². The van der Waals surface area contributed by atoms with Crippen molar-refractivity contribution in [1.82, 2.24) is 14.5 Å². The van der Waals surface area contributed by atoms with E-state index in [1.807, 2.05) is 55.1 Å². The molecule has 29 nitrogen and oxygen atoms in total. The molecule has 3 amide bonds. The number of azo groups is 2. The highest BCUT2D eigenvalue weighted by molar-refractivity contribution is 8.14. The van der Waals surface area contributed by atoms with E-state index in [2.05, 4.69) is 55.1 Å². The van der Waals surface area contributed by atoms with E-state index in [1.54, 1.807) is 11.8 Å². The number of thioether (sulfide) groups is 1. The van der Waals surface area contributed by atoms with Gasteiger partial charge in [-0.15, -0.1) is 32.2 Å². The summed E-state index contributed by atoms with van der Waals surface area (Å²) in [5.41, 5.74) is 4.07. The Labute approximate surface area is 571 Å². The molecule has 11 rings (SSSR count). The summed E-state index contributed by atoms with van der Waals surface area (Å²) in [6.07, 6.45) is 3.87. The van der Waals surface area contributed by atoms with Crippen molar-refractivity contribution < 1.29 is 59.3 Å². The van der Waals surface area contributed by atoms with Gasteiger partial charge in [0.25, 0.3) is 37.9 Å². The monoisotopic (exact) mass is 1420 g/mol. The molecule has 7 heterocycles. The molecule has 508 valence electrons. The number of anilines is 7. The molecular formula is C63H69N16O13S5+. The number of fused-ring (bicyclic) bond motifs is 6. The summed E-state index contributed by atoms with van der Waals surface area (Å²) in [6.45, 7) is 14.6. The summed E-state index contributed by atoms with van der Waals surface area (Å²) in [4.78, 5) is 82.0. The highest BCUT2D eigenvalue weighted by Crippen LogP contribution is 2.45. The lowest BCUT2D eigenvalue weighted by Gasteiger charge is -2.38. The zero-order valence-electron chi connectivity index (χ0n) is 53.3. The number of ether oxygens (including phenoxy) is 3. The molecule has 0 atom stereocenters. The van der Waals surface area contributed by atoms with Crippen LogP contribution in [0.2, 0.25) is 0 Å². The number of aliphatic imine (C=N–C) groups is 2. The minimum Gasteiger partial charge on any atom is -0.378 e. The highest BCUT2D eigenvalue weighted by atomic mass is 32.2. The van der Waals surface area contributed by atoms with Gasteiger partial charge in [-0.3, -0.25) is 23.5 Å². The van der Waals surface area contributed by atoms with E-state index in [4.69, 9.17) is 44.4 Å². The molecule has 0 aliphatic carbocycles. The van der Waals surface area contributed by atoms with Gasteiger partial charge in [0.05, 0.1) is 69.7 Å². The third kappa shape index (κ3) is 16.3. The number of thiazole rings is 2. The van der Waals surface area contributed by atoms with Gasteiger partial charge in [0, 0.05) is 67.6 Å². The number of hydrogen-bond donors (Lipinski definition) is 6. The van der Waals surface area contributed by atoms with Crippen molar-refractivity contribution in [1.29, 1.82) is 0 Å². The van der Waals surface area contributed by atoms with Gasteiger partial charge < -0.3 is 50.2 Å². The number of benzene rings is 4. The maximum absolute atomic E-state index is 14.6. The van der Waals surface area contributed by atoms with Gasteiger partial charge in [0.15, 0.2) is 5.78 Å². The van der Waals surface area contributed by atoms with Crippen LogP contribution in [0.3, 0.4) is 0 Å². The molecular weight excluding hydrogens is 1350 g/mol. The number of carbonyl (C=O) groups is 4. The molecule has 97 heavy (non-hydrogen) atoms. The Balaban J connectivity index is 0.937. The minimum atomic E-state index is -4.59. The molecule has 2 saturated heterocycles. The maximum atomic E-state index is 14.6. The Morgan fingerprint density at radius 2 is 1.44 bits per heavy atom. The van der Waals surface area contributed by atoms with Gasteiger partial charge in [-0.1, -0.05) is 41.7 Å². The van der Waals surface area contributed by atoms with E-state index in [0.717, 1.165) is 56.8 Å². The number of guanidine groups is 1. The third-order valence-corrected chi connectivity index (χ3v) is 20.5. The van der Waals surface area contributed by atoms with Crippen molar-refractivity contribution in [2.75, 3.05) is 127 Å². The molecule has 2 fully saturated rings. The first kappa shape index (κ1) is 69.5. The first-order chi connectivity index (χ1) is 46.6. The van der Waals surface area contributed by atoms with Crippen LogP contribution in [0.25, 0.3) is 12.2 Å². The number of allylic oxidation sites excluding steroid dienone is 1. The van der Waals surface area contributed by atoms with E-state index in [9.17, 15) is 45.1 Å². The second kappa shape index (κ2) is 30.3. The molecule has 1 spiro atoms. The van der Waals surface area contributed by atoms with E-state index < -0.39 is 53.5 Å². The van der Waals surface area contributed by atoms with Crippen molar-refractivity contribution in [2.24, 2.45) is 30.4 Å². The van der Waals surface area contributed by atoms with Crippen molar-refractivity contribution in [3.8, 4) is 0 Å². The number of hydrogen-bond acceptors (Lipinski definition) is 27. The van der Waals surface area contributed by atoms with Crippen LogP contribution in [0.4, 0.5) is 67.4 Å². The molecule has 6 N–H and O–H groups in total. The average Bonchev–Trinajstić information content (AvgIpc) is 1.69. The van der Waals surface area contributed by atoms with Gasteiger partial charge in [-0.2, -0.15) is 31.8 Å². The molecule has 34 heteroatoms. The first-order valence-corrected chi connectivity index (χ1v) is 36.4. The van der Waals surface area contributed by atoms with Crippen molar-refractivity contribution in [3.05, 3.63) is 117 Å². The molecule has 4 aromatic carbocycles. The molecule has 5 aliphatic rings. The summed E-state index contributed by atoms with van der Waals surface area (Å²) in [6, 6.07) is 21.5. The van der Waals surface area contributed by atoms with Gasteiger partial charge >= 0.3 is 5.91 Å². The molecule has 0 radical (unpaired) electrons. The van der Waals surface area contributed by atoms with Crippen LogP contribution >= 0.6 is 34.4 Å². The van der Waals surface area contributed by atoms with Crippen LogP contribution in [0, 0.1) is 0 Å². The number of nitrogens with zero attached hydrogens (tertiary/aromatic N) is 12. The van der Waals surface area contributed by atoms with Crippen LogP contribution in [-0.2, 0) is 53.6 Å². The lowest BCUT2D eigenvalue weighted by molar-refractivity contribution is -0.132. The van der Waals surface area contributed by atoms with Crippen molar-refractivity contribution in [2.45, 2.75) is 57.3 Å². The number of Topliss-reactive ketones (excluding diaryl/α,β-unsaturated/α-hetero) is 1. The summed E-state index contributed by atoms with van der Waals surface area (Å²) in [5, 5.41) is 32.4.